The second-order valence-electron chi connectivity index (χ2n) is 17.6. The standard InChI is InChI=1S/C54H99O8P/c1-4-6-8-10-12-14-16-18-20-22-24-26-27-29-30-32-34-36-38-40-42-44-46-48-53(55)60-50-52(51-61-63(57,58)59-3)62-54(56)49-47-45-43-41-39-37-35-33-31-28-25-23-21-19-17-15-13-11-9-7-5-2/h7,9,13,15,19,21,25,28,52H,4-6,8,10-12,14,16-18,20,22-24,26-27,29-51H2,1-3H3,(H,57,58)/b9-7-,15-13-,21-19-,28-25-. The van der Waals surface area contributed by atoms with Crippen molar-refractivity contribution in [1.82, 2.24) is 0 Å². The van der Waals surface area contributed by atoms with Crippen LogP contribution in [0, 0.1) is 0 Å². The molecule has 368 valence electrons. The molecule has 0 radical (unpaired) electrons. The predicted octanol–water partition coefficient (Wildman–Crippen LogP) is 17.3. The maximum absolute atomic E-state index is 12.6. The first-order valence-electron chi connectivity index (χ1n) is 26.3. The van der Waals surface area contributed by atoms with Crippen LogP contribution in [0.5, 0.6) is 0 Å². The van der Waals surface area contributed by atoms with Gasteiger partial charge in [0.25, 0.3) is 0 Å². The van der Waals surface area contributed by atoms with E-state index in [0.29, 0.717) is 12.8 Å². The van der Waals surface area contributed by atoms with Gasteiger partial charge in [0, 0.05) is 20.0 Å². The minimum atomic E-state index is -4.27. The first kappa shape index (κ1) is 61.0. The van der Waals surface area contributed by atoms with Crippen LogP contribution in [0.1, 0.15) is 258 Å². The van der Waals surface area contributed by atoms with E-state index in [1.165, 1.54) is 154 Å². The van der Waals surface area contributed by atoms with Crippen molar-refractivity contribution in [2.75, 3.05) is 20.3 Å². The summed E-state index contributed by atoms with van der Waals surface area (Å²) >= 11 is 0. The number of rotatable bonds is 49. The van der Waals surface area contributed by atoms with E-state index >= 15 is 0 Å². The zero-order chi connectivity index (χ0) is 46.0. The van der Waals surface area contributed by atoms with Crippen LogP contribution in [0.25, 0.3) is 0 Å². The fourth-order valence-electron chi connectivity index (χ4n) is 7.59. The lowest BCUT2D eigenvalue weighted by Gasteiger charge is -2.19. The average molecular weight is 907 g/mol. The molecule has 63 heavy (non-hydrogen) atoms. The third kappa shape index (κ3) is 49.3. The fraction of sp³-hybridized carbons (Fsp3) is 0.815. The van der Waals surface area contributed by atoms with E-state index in [1.807, 2.05) is 0 Å². The van der Waals surface area contributed by atoms with Crippen LogP contribution in [0.3, 0.4) is 0 Å². The quantitative estimate of drug-likeness (QED) is 0.0278. The van der Waals surface area contributed by atoms with Crippen molar-refractivity contribution >= 4 is 19.8 Å². The molecule has 0 aromatic carbocycles. The second-order valence-corrected chi connectivity index (χ2v) is 19.2. The van der Waals surface area contributed by atoms with Gasteiger partial charge in [0.2, 0.25) is 0 Å². The summed E-state index contributed by atoms with van der Waals surface area (Å²) in [5, 5.41) is 0. The molecular weight excluding hydrogens is 808 g/mol. The van der Waals surface area contributed by atoms with Gasteiger partial charge in [-0.3, -0.25) is 18.6 Å². The van der Waals surface area contributed by atoms with E-state index in [9.17, 15) is 19.0 Å². The number of allylic oxidation sites excluding steroid dienone is 8. The molecule has 2 unspecified atom stereocenters. The fourth-order valence-corrected chi connectivity index (χ4v) is 8.05. The number of hydrogen-bond acceptors (Lipinski definition) is 7. The summed E-state index contributed by atoms with van der Waals surface area (Å²) in [4.78, 5) is 34.7. The Bertz CT molecular complexity index is 1160. The smallest absolute Gasteiger partial charge is 0.462 e. The summed E-state index contributed by atoms with van der Waals surface area (Å²) in [7, 11) is -3.20. The monoisotopic (exact) mass is 907 g/mol. The Hall–Kier alpha value is -1.99. The average Bonchev–Trinajstić information content (AvgIpc) is 3.28. The molecular formula is C54H99O8P. The molecule has 0 aliphatic carbocycles. The Kier molecular flexibility index (Phi) is 47.9. The van der Waals surface area contributed by atoms with Crippen molar-refractivity contribution in [2.45, 2.75) is 264 Å². The van der Waals surface area contributed by atoms with E-state index in [4.69, 9.17) is 14.0 Å². The molecule has 8 nitrogen and oxygen atoms in total. The molecule has 0 aromatic rings. The molecule has 0 saturated carbocycles. The Morgan fingerprint density at radius 3 is 1.21 bits per heavy atom. The molecule has 0 aliphatic rings. The van der Waals surface area contributed by atoms with E-state index in [-0.39, 0.29) is 19.0 Å². The van der Waals surface area contributed by atoms with Gasteiger partial charge in [-0.25, -0.2) is 4.57 Å². The maximum atomic E-state index is 12.6. The van der Waals surface area contributed by atoms with Crippen molar-refractivity contribution in [3.05, 3.63) is 48.6 Å². The highest BCUT2D eigenvalue weighted by molar-refractivity contribution is 7.47. The number of carbonyl (C=O) groups is 2. The maximum Gasteiger partial charge on any atom is 0.472 e. The summed E-state index contributed by atoms with van der Waals surface area (Å²) in [5.41, 5.74) is 0. The summed E-state index contributed by atoms with van der Waals surface area (Å²) in [5.74, 6) is -0.802. The molecule has 0 fully saturated rings. The predicted molar refractivity (Wildman–Crippen MR) is 267 cm³/mol. The minimum Gasteiger partial charge on any atom is -0.462 e. The van der Waals surface area contributed by atoms with Crippen LogP contribution in [0.4, 0.5) is 0 Å². The highest BCUT2D eigenvalue weighted by atomic mass is 31.2. The first-order chi connectivity index (χ1) is 30.8. The van der Waals surface area contributed by atoms with Crippen molar-refractivity contribution in [1.29, 1.82) is 0 Å². The van der Waals surface area contributed by atoms with Gasteiger partial charge in [-0.05, 0) is 51.4 Å². The van der Waals surface area contributed by atoms with Crippen LogP contribution in [0.2, 0.25) is 0 Å². The lowest BCUT2D eigenvalue weighted by atomic mass is 10.0. The van der Waals surface area contributed by atoms with Gasteiger partial charge in [0.05, 0.1) is 6.61 Å². The van der Waals surface area contributed by atoms with Gasteiger partial charge in [0.15, 0.2) is 6.10 Å². The molecule has 1 N–H and O–H groups in total. The van der Waals surface area contributed by atoms with Crippen LogP contribution < -0.4 is 0 Å². The third-order valence-corrected chi connectivity index (χ3v) is 12.5. The Balaban J connectivity index is 3.87. The lowest BCUT2D eigenvalue weighted by molar-refractivity contribution is -0.161. The molecule has 0 aromatic heterocycles. The summed E-state index contributed by atoms with van der Waals surface area (Å²) in [6, 6.07) is 0. The van der Waals surface area contributed by atoms with Gasteiger partial charge in [0.1, 0.15) is 6.61 Å². The SMILES string of the molecule is CC/C=C\C/C=C\C/C=C\C/C=C\CCCCCCCCCCC(=O)OC(COC(=O)CCCCCCCCCCCCCCCCCCCCCCCCC)COP(=O)(O)OC. The van der Waals surface area contributed by atoms with Crippen LogP contribution in [0.15, 0.2) is 48.6 Å². The van der Waals surface area contributed by atoms with Crippen molar-refractivity contribution in [2.24, 2.45) is 0 Å². The second kappa shape index (κ2) is 49.4. The van der Waals surface area contributed by atoms with Crippen molar-refractivity contribution in [3.8, 4) is 0 Å². The van der Waals surface area contributed by atoms with Crippen molar-refractivity contribution in [3.63, 3.8) is 0 Å². The minimum absolute atomic E-state index is 0.226. The number of carbonyl (C=O) groups excluding carboxylic acids is 2. The summed E-state index contributed by atoms with van der Waals surface area (Å²) in [6.45, 7) is 3.81. The molecule has 0 rings (SSSR count). The first-order valence-corrected chi connectivity index (χ1v) is 27.8. The molecule has 0 amide bonds. The van der Waals surface area contributed by atoms with Crippen LogP contribution >= 0.6 is 7.82 Å². The Labute approximate surface area is 388 Å². The highest BCUT2D eigenvalue weighted by Gasteiger charge is 2.24. The van der Waals surface area contributed by atoms with Crippen LogP contribution in [-0.2, 0) is 32.7 Å². The molecule has 2 atom stereocenters. The zero-order valence-corrected chi connectivity index (χ0v) is 42.1. The number of ether oxygens (including phenoxy) is 2. The number of esters is 2. The van der Waals surface area contributed by atoms with Crippen LogP contribution in [-0.4, -0.2) is 43.3 Å². The number of unbranched alkanes of at least 4 members (excludes halogenated alkanes) is 30. The van der Waals surface area contributed by atoms with Gasteiger partial charge in [-0.1, -0.05) is 242 Å². The summed E-state index contributed by atoms with van der Waals surface area (Å²) < 4.78 is 32.2. The molecule has 0 heterocycles. The number of phosphoric acid groups is 1. The van der Waals surface area contributed by atoms with Gasteiger partial charge in [-0.15, -0.1) is 0 Å². The van der Waals surface area contributed by atoms with Gasteiger partial charge in [-0.2, -0.15) is 0 Å². The third-order valence-electron chi connectivity index (χ3n) is 11.6. The molecule has 0 spiro atoms. The van der Waals surface area contributed by atoms with Gasteiger partial charge >= 0.3 is 19.8 Å². The van der Waals surface area contributed by atoms with E-state index in [0.717, 1.165) is 77.7 Å². The Morgan fingerprint density at radius 1 is 0.460 bits per heavy atom. The molecule has 0 saturated heterocycles. The van der Waals surface area contributed by atoms with Gasteiger partial charge < -0.3 is 14.4 Å². The zero-order valence-electron chi connectivity index (χ0n) is 41.2. The molecule has 0 aliphatic heterocycles. The normalized spacial score (nSPS) is 13.5. The summed E-state index contributed by atoms with van der Waals surface area (Å²) in [6.07, 6.45) is 61.8. The lowest BCUT2D eigenvalue weighted by Crippen LogP contribution is -2.29. The van der Waals surface area contributed by atoms with E-state index in [1.54, 1.807) is 0 Å². The molecule has 9 heteroatoms. The highest BCUT2D eigenvalue weighted by Crippen LogP contribution is 2.42. The molecule has 0 bridgehead atoms. The largest absolute Gasteiger partial charge is 0.472 e. The van der Waals surface area contributed by atoms with E-state index < -0.39 is 26.5 Å². The Morgan fingerprint density at radius 2 is 0.810 bits per heavy atom. The number of phosphoric ester groups is 1. The number of hydrogen-bond donors (Lipinski definition) is 1. The van der Waals surface area contributed by atoms with Crippen molar-refractivity contribution < 1.29 is 37.6 Å². The topological polar surface area (TPSA) is 108 Å². The van der Waals surface area contributed by atoms with E-state index in [2.05, 4.69) is 67.0 Å².